The van der Waals surface area contributed by atoms with Gasteiger partial charge in [-0.15, -0.1) is 0 Å². The second-order valence-electron chi connectivity index (χ2n) is 6.61. The first kappa shape index (κ1) is 16.7. The summed E-state index contributed by atoms with van der Waals surface area (Å²) in [5.74, 6) is 1.88. The second-order valence-corrected chi connectivity index (χ2v) is 6.61. The topological polar surface area (TPSA) is 50.2 Å². The quantitative estimate of drug-likeness (QED) is 0.885. The highest BCUT2D eigenvalue weighted by Gasteiger charge is 2.21. The molecule has 0 bridgehead atoms. The van der Waals surface area contributed by atoms with Crippen molar-refractivity contribution in [2.75, 3.05) is 19.6 Å². The normalized spacial score (nSPS) is 16.2. The van der Waals surface area contributed by atoms with E-state index in [0.29, 0.717) is 19.0 Å². The van der Waals surface area contributed by atoms with Crippen molar-refractivity contribution in [1.82, 2.24) is 19.8 Å². The SMILES string of the molecule is Cc1nccn1CC1CCN(CC(=O)NCc2ccccc2)CC1. The second kappa shape index (κ2) is 8.11. The van der Waals surface area contributed by atoms with E-state index in [-0.39, 0.29) is 5.91 Å². The summed E-state index contributed by atoms with van der Waals surface area (Å²) < 4.78 is 2.23. The van der Waals surface area contributed by atoms with Gasteiger partial charge < -0.3 is 9.88 Å². The number of nitrogens with one attached hydrogen (secondary N) is 1. The third-order valence-corrected chi connectivity index (χ3v) is 4.79. The molecule has 3 rings (SSSR count). The molecule has 1 amide bonds. The molecular weight excluding hydrogens is 300 g/mol. The molecule has 1 aliphatic heterocycles. The van der Waals surface area contributed by atoms with Gasteiger partial charge in [-0.3, -0.25) is 9.69 Å². The number of nitrogens with zero attached hydrogens (tertiary/aromatic N) is 3. The summed E-state index contributed by atoms with van der Waals surface area (Å²) in [6, 6.07) is 10.0. The Morgan fingerprint density at radius 2 is 2.00 bits per heavy atom. The van der Waals surface area contributed by atoms with Crippen LogP contribution in [0, 0.1) is 12.8 Å². The minimum Gasteiger partial charge on any atom is -0.351 e. The molecule has 2 heterocycles. The number of piperidine rings is 1. The number of carbonyl (C=O) groups is 1. The lowest BCUT2D eigenvalue weighted by molar-refractivity contribution is -0.122. The fourth-order valence-corrected chi connectivity index (χ4v) is 3.26. The Morgan fingerprint density at radius 3 is 2.67 bits per heavy atom. The summed E-state index contributed by atoms with van der Waals surface area (Å²) in [5.41, 5.74) is 1.14. The molecule has 0 radical (unpaired) electrons. The number of hydrogen-bond acceptors (Lipinski definition) is 3. The monoisotopic (exact) mass is 326 g/mol. The molecule has 0 unspecified atom stereocenters. The standard InChI is InChI=1S/C19H26N4O/c1-16-20-9-12-23(16)14-18-7-10-22(11-8-18)15-19(24)21-13-17-5-3-2-4-6-17/h2-6,9,12,18H,7-8,10-11,13-15H2,1H3,(H,21,24). The number of aryl methyl sites for hydroxylation is 1. The third-order valence-electron chi connectivity index (χ3n) is 4.79. The van der Waals surface area contributed by atoms with E-state index >= 15 is 0 Å². The highest BCUT2D eigenvalue weighted by Crippen LogP contribution is 2.19. The van der Waals surface area contributed by atoms with Crippen LogP contribution in [0.2, 0.25) is 0 Å². The van der Waals surface area contributed by atoms with Crippen molar-refractivity contribution >= 4 is 5.91 Å². The van der Waals surface area contributed by atoms with E-state index in [2.05, 4.69) is 26.0 Å². The molecule has 1 aromatic carbocycles. The number of imidazole rings is 1. The van der Waals surface area contributed by atoms with E-state index in [9.17, 15) is 4.79 Å². The lowest BCUT2D eigenvalue weighted by Gasteiger charge is -2.31. The van der Waals surface area contributed by atoms with Gasteiger partial charge in [0.25, 0.3) is 0 Å². The molecule has 1 fully saturated rings. The Morgan fingerprint density at radius 1 is 1.25 bits per heavy atom. The lowest BCUT2D eigenvalue weighted by Crippen LogP contribution is -2.41. The van der Waals surface area contributed by atoms with Crippen molar-refractivity contribution in [3.63, 3.8) is 0 Å². The lowest BCUT2D eigenvalue weighted by atomic mass is 9.96. The summed E-state index contributed by atoms with van der Waals surface area (Å²) in [4.78, 5) is 18.6. The van der Waals surface area contributed by atoms with Crippen LogP contribution in [0.5, 0.6) is 0 Å². The molecule has 1 aromatic heterocycles. The van der Waals surface area contributed by atoms with E-state index in [4.69, 9.17) is 0 Å². The molecule has 0 saturated carbocycles. The zero-order valence-electron chi connectivity index (χ0n) is 14.3. The van der Waals surface area contributed by atoms with Crippen LogP contribution in [-0.4, -0.2) is 40.0 Å². The number of benzene rings is 1. The van der Waals surface area contributed by atoms with Gasteiger partial charge in [0.05, 0.1) is 6.54 Å². The Hall–Kier alpha value is -2.14. The molecule has 2 aromatic rings. The van der Waals surface area contributed by atoms with E-state index in [1.165, 1.54) is 0 Å². The van der Waals surface area contributed by atoms with Gasteiger partial charge in [0.1, 0.15) is 5.82 Å². The largest absolute Gasteiger partial charge is 0.351 e. The van der Waals surface area contributed by atoms with Crippen LogP contribution in [0.4, 0.5) is 0 Å². The molecule has 5 heteroatoms. The van der Waals surface area contributed by atoms with Crippen LogP contribution in [0.1, 0.15) is 24.2 Å². The van der Waals surface area contributed by atoms with E-state index in [1.54, 1.807) is 0 Å². The average molecular weight is 326 g/mol. The summed E-state index contributed by atoms with van der Waals surface area (Å²) in [5, 5.41) is 3.01. The fraction of sp³-hybridized carbons (Fsp3) is 0.474. The van der Waals surface area contributed by atoms with E-state index < -0.39 is 0 Å². The van der Waals surface area contributed by atoms with Crippen molar-refractivity contribution in [2.45, 2.75) is 32.9 Å². The maximum absolute atomic E-state index is 12.1. The Labute approximate surface area is 143 Å². The van der Waals surface area contributed by atoms with Crippen LogP contribution >= 0.6 is 0 Å². The maximum atomic E-state index is 12.1. The van der Waals surface area contributed by atoms with Crippen molar-refractivity contribution < 1.29 is 4.79 Å². The number of hydrogen-bond donors (Lipinski definition) is 1. The first-order valence-electron chi connectivity index (χ1n) is 8.71. The maximum Gasteiger partial charge on any atom is 0.234 e. The summed E-state index contributed by atoms with van der Waals surface area (Å²) >= 11 is 0. The fourth-order valence-electron chi connectivity index (χ4n) is 3.26. The molecule has 0 aliphatic carbocycles. The first-order valence-corrected chi connectivity index (χ1v) is 8.71. The predicted octanol–water partition coefficient (Wildman–Crippen LogP) is 2.22. The average Bonchev–Trinajstić information content (AvgIpc) is 3.01. The van der Waals surface area contributed by atoms with Crippen molar-refractivity contribution in [3.05, 3.63) is 54.1 Å². The molecule has 1 N–H and O–H groups in total. The molecular formula is C19H26N4O. The van der Waals surface area contributed by atoms with Gasteiger partial charge in [-0.05, 0) is 44.3 Å². The van der Waals surface area contributed by atoms with Gasteiger partial charge in [-0.25, -0.2) is 4.98 Å². The molecule has 24 heavy (non-hydrogen) atoms. The summed E-state index contributed by atoms with van der Waals surface area (Å²) in [6.07, 6.45) is 6.20. The molecule has 5 nitrogen and oxygen atoms in total. The zero-order chi connectivity index (χ0) is 16.8. The minimum absolute atomic E-state index is 0.114. The number of carbonyl (C=O) groups excluding carboxylic acids is 1. The number of aromatic nitrogens is 2. The van der Waals surface area contributed by atoms with Gasteiger partial charge >= 0.3 is 0 Å². The molecule has 128 valence electrons. The number of likely N-dealkylation sites (tertiary alicyclic amines) is 1. The first-order chi connectivity index (χ1) is 11.7. The number of amides is 1. The molecule has 0 spiro atoms. The Bertz CT molecular complexity index is 644. The molecule has 1 saturated heterocycles. The van der Waals surface area contributed by atoms with Crippen LogP contribution in [-0.2, 0) is 17.9 Å². The number of rotatable bonds is 6. The van der Waals surface area contributed by atoms with E-state index in [1.807, 2.05) is 43.5 Å². The van der Waals surface area contributed by atoms with E-state index in [0.717, 1.165) is 43.9 Å². The Balaban J connectivity index is 1.37. The van der Waals surface area contributed by atoms with Gasteiger partial charge in [-0.2, -0.15) is 0 Å². The van der Waals surface area contributed by atoms with Crippen LogP contribution in [0.25, 0.3) is 0 Å². The molecule has 1 aliphatic rings. The van der Waals surface area contributed by atoms with Gasteiger partial charge in [-0.1, -0.05) is 30.3 Å². The summed E-state index contributed by atoms with van der Waals surface area (Å²) in [6.45, 7) is 6.19. The summed E-state index contributed by atoms with van der Waals surface area (Å²) in [7, 11) is 0. The van der Waals surface area contributed by atoms with Crippen LogP contribution in [0.3, 0.4) is 0 Å². The van der Waals surface area contributed by atoms with Crippen LogP contribution in [0.15, 0.2) is 42.7 Å². The highest BCUT2D eigenvalue weighted by atomic mass is 16.2. The minimum atomic E-state index is 0.114. The third kappa shape index (κ3) is 4.68. The molecule has 0 atom stereocenters. The van der Waals surface area contributed by atoms with Crippen molar-refractivity contribution in [1.29, 1.82) is 0 Å². The van der Waals surface area contributed by atoms with Gasteiger partial charge in [0, 0.05) is 25.5 Å². The van der Waals surface area contributed by atoms with Gasteiger partial charge in [0.2, 0.25) is 5.91 Å². The smallest absolute Gasteiger partial charge is 0.234 e. The zero-order valence-corrected chi connectivity index (χ0v) is 14.3. The van der Waals surface area contributed by atoms with Crippen molar-refractivity contribution in [3.8, 4) is 0 Å². The predicted molar refractivity (Wildman–Crippen MR) is 94.4 cm³/mol. The Kier molecular flexibility index (Phi) is 5.64. The van der Waals surface area contributed by atoms with Crippen molar-refractivity contribution in [2.24, 2.45) is 5.92 Å². The van der Waals surface area contributed by atoms with Gasteiger partial charge in [0.15, 0.2) is 0 Å². The van der Waals surface area contributed by atoms with Crippen LogP contribution < -0.4 is 5.32 Å². The highest BCUT2D eigenvalue weighted by molar-refractivity contribution is 5.78.